The van der Waals surface area contributed by atoms with Crippen molar-refractivity contribution in [1.82, 2.24) is 9.78 Å². The molecule has 1 heterocycles. The number of nitrogens with zero attached hydrogens (tertiary/aromatic N) is 2. The molecule has 5 heteroatoms. The van der Waals surface area contributed by atoms with Crippen LogP contribution < -0.4 is 5.32 Å². The highest BCUT2D eigenvalue weighted by molar-refractivity contribution is 5.95. The summed E-state index contributed by atoms with van der Waals surface area (Å²) in [5.41, 5.74) is 3.51. The third-order valence-corrected chi connectivity index (χ3v) is 3.29. The molecule has 21 heavy (non-hydrogen) atoms. The Morgan fingerprint density at radius 2 is 2.10 bits per heavy atom. The Kier molecular flexibility index (Phi) is 4.62. The number of methoxy groups -OCH3 is 1. The van der Waals surface area contributed by atoms with Crippen LogP contribution in [0.25, 0.3) is 0 Å². The van der Waals surface area contributed by atoms with Crippen LogP contribution in [0, 0.1) is 0 Å². The molecule has 2 aromatic rings. The van der Waals surface area contributed by atoms with Gasteiger partial charge in [-0.3, -0.25) is 4.68 Å². The van der Waals surface area contributed by atoms with Crippen molar-refractivity contribution < 1.29 is 9.53 Å². The Bertz CT molecular complexity index is 632. The highest BCUT2D eigenvalue weighted by atomic mass is 16.5. The third kappa shape index (κ3) is 3.42. The normalized spacial score (nSPS) is 10.7. The maximum absolute atomic E-state index is 11.7. The number of ether oxygens (including phenoxy) is 1. The van der Waals surface area contributed by atoms with Crippen LogP contribution in [0.3, 0.4) is 0 Å². The molecule has 0 saturated heterocycles. The van der Waals surface area contributed by atoms with Crippen molar-refractivity contribution in [1.29, 1.82) is 0 Å². The van der Waals surface area contributed by atoms with Crippen molar-refractivity contribution in [3.63, 3.8) is 0 Å². The number of rotatable bonds is 5. The van der Waals surface area contributed by atoms with Gasteiger partial charge in [0.15, 0.2) is 0 Å². The van der Waals surface area contributed by atoms with Crippen LogP contribution >= 0.6 is 0 Å². The van der Waals surface area contributed by atoms with E-state index in [9.17, 15) is 4.79 Å². The van der Waals surface area contributed by atoms with Crippen LogP contribution in [0.1, 0.15) is 41.4 Å². The molecule has 0 spiro atoms. The summed E-state index contributed by atoms with van der Waals surface area (Å²) in [5.74, 6) is 0.0206. The average Bonchev–Trinajstić information content (AvgIpc) is 2.86. The van der Waals surface area contributed by atoms with Crippen LogP contribution in [-0.2, 0) is 18.3 Å². The van der Waals surface area contributed by atoms with E-state index in [2.05, 4.69) is 24.3 Å². The second-order valence-corrected chi connectivity index (χ2v) is 5.26. The second-order valence-electron chi connectivity index (χ2n) is 5.26. The summed E-state index contributed by atoms with van der Waals surface area (Å²) in [5, 5.41) is 7.78. The van der Waals surface area contributed by atoms with Gasteiger partial charge in [0.1, 0.15) is 0 Å². The minimum Gasteiger partial charge on any atom is -0.465 e. The Morgan fingerprint density at radius 3 is 2.76 bits per heavy atom. The first kappa shape index (κ1) is 15.1. The fraction of sp³-hybridized carbons (Fsp3) is 0.375. The minimum absolute atomic E-state index is 0.339. The molecule has 0 amide bonds. The lowest BCUT2D eigenvalue weighted by Gasteiger charge is -2.11. The van der Waals surface area contributed by atoms with E-state index in [0.29, 0.717) is 18.0 Å². The molecule has 0 aliphatic carbocycles. The number of para-hydroxylation sites is 1. The first-order valence-electron chi connectivity index (χ1n) is 6.96. The zero-order valence-corrected chi connectivity index (χ0v) is 12.9. The predicted molar refractivity (Wildman–Crippen MR) is 82.4 cm³/mol. The van der Waals surface area contributed by atoms with Crippen molar-refractivity contribution in [2.75, 3.05) is 12.4 Å². The van der Waals surface area contributed by atoms with E-state index < -0.39 is 0 Å². The van der Waals surface area contributed by atoms with Gasteiger partial charge in [-0.2, -0.15) is 5.10 Å². The highest BCUT2D eigenvalue weighted by Crippen LogP contribution is 2.21. The van der Waals surface area contributed by atoms with Crippen molar-refractivity contribution in [2.24, 2.45) is 7.05 Å². The summed E-state index contributed by atoms with van der Waals surface area (Å²) in [6, 6.07) is 7.33. The van der Waals surface area contributed by atoms with Gasteiger partial charge < -0.3 is 10.1 Å². The molecule has 1 N–H and O–H groups in total. The molecule has 2 rings (SSSR count). The van der Waals surface area contributed by atoms with Crippen molar-refractivity contribution >= 4 is 11.7 Å². The van der Waals surface area contributed by atoms with E-state index in [-0.39, 0.29) is 5.97 Å². The molecule has 0 atom stereocenters. The van der Waals surface area contributed by atoms with Gasteiger partial charge in [-0.25, -0.2) is 4.79 Å². The molecule has 0 saturated carbocycles. The summed E-state index contributed by atoms with van der Waals surface area (Å²) >= 11 is 0. The van der Waals surface area contributed by atoms with Crippen molar-refractivity contribution in [3.8, 4) is 0 Å². The van der Waals surface area contributed by atoms with Gasteiger partial charge in [0, 0.05) is 31.0 Å². The SMILES string of the molecule is COC(=O)c1ccccc1NCc1cn(C)nc1C(C)C. The maximum atomic E-state index is 11.7. The highest BCUT2D eigenvalue weighted by Gasteiger charge is 2.14. The topological polar surface area (TPSA) is 56.1 Å². The van der Waals surface area contributed by atoms with Gasteiger partial charge >= 0.3 is 5.97 Å². The smallest absolute Gasteiger partial charge is 0.339 e. The van der Waals surface area contributed by atoms with Gasteiger partial charge in [-0.15, -0.1) is 0 Å². The number of benzene rings is 1. The van der Waals surface area contributed by atoms with Crippen LogP contribution in [0.4, 0.5) is 5.69 Å². The number of nitrogens with one attached hydrogen (secondary N) is 1. The quantitative estimate of drug-likeness (QED) is 0.859. The zero-order valence-electron chi connectivity index (χ0n) is 12.9. The van der Waals surface area contributed by atoms with Gasteiger partial charge in [-0.05, 0) is 18.1 Å². The maximum Gasteiger partial charge on any atom is 0.339 e. The van der Waals surface area contributed by atoms with E-state index >= 15 is 0 Å². The lowest BCUT2D eigenvalue weighted by Crippen LogP contribution is -2.09. The number of anilines is 1. The minimum atomic E-state index is -0.339. The van der Waals surface area contributed by atoms with E-state index in [1.807, 2.05) is 36.1 Å². The lowest BCUT2D eigenvalue weighted by molar-refractivity contribution is 0.0602. The lowest BCUT2D eigenvalue weighted by atomic mass is 10.1. The van der Waals surface area contributed by atoms with Gasteiger partial charge in [0.05, 0.1) is 18.4 Å². The molecule has 0 aliphatic heterocycles. The molecule has 0 aliphatic rings. The Balaban J connectivity index is 2.19. The Hall–Kier alpha value is -2.30. The Labute approximate surface area is 124 Å². The molecule has 1 aromatic heterocycles. The standard InChI is InChI=1S/C16H21N3O2/c1-11(2)15-12(10-19(3)18-15)9-17-14-8-6-5-7-13(14)16(20)21-4/h5-8,10-11,17H,9H2,1-4H3. The molecular formula is C16H21N3O2. The molecule has 0 unspecified atom stereocenters. The summed E-state index contributed by atoms with van der Waals surface area (Å²) in [6.07, 6.45) is 2.00. The summed E-state index contributed by atoms with van der Waals surface area (Å²) < 4.78 is 6.62. The third-order valence-electron chi connectivity index (χ3n) is 3.29. The van der Waals surface area contributed by atoms with E-state index in [0.717, 1.165) is 16.9 Å². The summed E-state index contributed by atoms with van der Waals surface area (Å²) in [4.78, 5) is 11.7. The van der Waals surface area contributed by atoms with Crippen LogP contribution in [-0.4, -0.2) is 22.9 Å². The monoisotopic (exact) mass is 287 g/mol. The number of aryl methyl sites for hydroxylation is 1. The fourth-order valence-electron chi connectivity index (χ4n) is 2.29. The number of carbonyl (C=O) groups is 1. The van der Waals surface area contributed by atoms with Crippen LogP contribution in [0.2, 0.25) is 0 Å². The van der Waals surface area contributed by atoms with Crippen LogP contribution in [0.5, 0.6) is 0 Å². The van der Waals surface area contributed by atoms with E-state index in [1.54, 1.807) is 6.07 Å². The van der Waals surface area contributed by atoms with Gasteiger partial charge in [0.2, 0.25) is 0 Å². The molecule has 0 bridgehead atoms. The summed E-state index contributed by atoms with van der Waals surface area (Å²) in [6.45, 7) is 4.86. The molecular weight excluding hydrogens is 266 g/mol. The number of carbonyl (C=O) groups excluding carboxylic acids is 1. The molecule has 1 aromatic carbocycles. The average molecular weight is 287 g/mol. The Morgan fingerprint density at radius 1 is 1.38 bits per heavy atom. The van der Waals surface area contributed by atoms with Crippen molar-refractivity contribution in [3.05, 3.63) is 47.3 Å². The van der Waals surface area contributed by atoms with E-state index in [1.165, 1.54) is 7.11 Å². The molecule has 0 radical (unpaired) electrons. The van der Waals surface area contributed by atoms with Crippen LogP contribution in [0.15, 0.2) is 30.5 Å². The number of hydrogen-bond acceptors (Lipinski definition) is 4. The molecule has 5 nitrogen and oxygen atoms in total. The molecule has 112 valence electrons. The number of esters is 1. The predicted octanol–water partition coefficient (Wildman–Crippen LogP) is 2.94. The number of aromatic nitrogens is 2. The second kappa shape index (κ2) is 6.43. The largest absolute Gasteiger partial charge is 0.465 e. The first-order chi connectivity index (χ1) is 10.0. The summed E-state index contributed by atoms with van der Waals surface area (Å²) in [7, 11) is 3.30. The van der Waals surface area contributed by atoms with E-state index in [4.69, 9.17) is 4.74 Å². The molecule has 0 fully saturated rings. The van der Waals surface area contributed by atoms with Crippen molar-refractivity contribution in [2.45, 2.75) is 26.3 Å². The number of hydrogen-bond donors (Lipinski definition) is 1. The first-order valence-corrected chi connectivity index (χ1v) is 6.96. The fourth-order valence-corrected chi connectivity index (χ4v) is 2.29. The van der Waals surface area contributed by atoms with Gasteiger partial charge in [-0.1, -0.05) is 26.0 Å². The van der Waals surface area contributed by atoms with Gasteiger partial charge in [0.25, 0.3) is 0 Å². The zero-order chi connectivity index (χ0) is 15.4.